The molecule has 7 nitrogen and oxygen atoms in total. The molecule has 3 aliphatic rings. The number of carboxylic acids is 1. The van der Waals surface area contributed by atoms with Gasteiger partial charge in [0.25, 0.3) is 0 Å². The van der Waals surface area contributed by atoms with Crippen molar-refractivity contribution in [1.29, 1.82) is 0 Å². The van der Waals surface area contributed by atoms with Crippen molar-refractivity contribution >= 4 is 29.1 Å². The highest BCUT2D eigenvalue weighted by molar-refractivity contribution is 7.09. The third-order valence-corrected chi connectivity index (χ3v) is 6.58. The molecule has 0 unspecified atom stereocenters. The summed E-state index contributed by atoms with van der Waals surface area (Å²) >= 11 is 1.58. The number of hydrogen-bond donors (Lipinski definition) is 2. The predicted molar refractivity (Wildman–Crippen MR) is 95.5 cm³/mol. The maximum absolute atomic E-state index is 12.7. The Balaban J connectivity index is 1.37. The molecule has 2 atom stereocenters. The molecule has 26 heavy (non-hydrogen) atoms. The second-order valence-electron chi connectivity index (χ2n) is 7.70. The fraction of sp³-hybridized carbons (Fsp3) is 0.611. The molecule has 1 aliphatic carbocycles. The molecule has 0 spiro atoms. The van der Waals surface area contributed by atoms with Gasteiger partial charge >= 0.3 is 5.97 Å². The van der Waals surface area contributed by atoms with E-state index in [0.29, 0.717) is 25.6 Å². The van der Waals surface area contributed by atoms with E-state index < -0.39 is 17.3 Å². The van der Waals surface area contributed by atoms with Gasteiger partial charge < -0.3 is 15.3 Å². The van der Waals surface area contributed by atoms with Crippen LogP contribution in [0.4, 0.5) is 0 Å². The highest BCUT2D eigenvalue weighted by Gasteiger charge is 2.62. The number of carbonyl (C=O) groups excluding carboxylic acids is 2. The van der Waals surface area contributed by atoms with Crippen LogP contribution < -0.4 is 5.32 Å². The smallest absolute Gasteiger partial charge is 0.313 e. The first-order chi connectivity index (χ1) is 12.5. The molecular weight excluding hydrogens is 354 g/mol. The summed E-state index contributed by atoms with van der Waals surface area (Å²) in [5.41, 5.74) is -1.07. The summed E-state index contributed by atoms with van der Waals surface area (Å²) in [5, 5.41) is 14.7. The number of nitrogens with one attached hydrogen (secondary N) is 1. The van der Waals surface area contributed by atoms with Crippen molar-refractivity contribution in [2.75, 3.05) is 32.7 Å². The Morgan fingerprint density at radius 1 is 1.35 bits per heavy atom. The first-order valence-corrected chi connectivity index (χ1v) is 9.89. The topological polar surface area (TPSA) is 90.0 Å². The molecular formula is C18H23N3O4S. The number of thiophene rings is 1. The van der Waals surface area contributed by atoms with E-state index in [0.717, 1.165) is 17.7 Å². The minimum atomic E-state index is -1.07. The van der Waals surface area contributed by atoms with Gasteiger partial charge in [-0.2, -0.15) is 0 Å². The highest BCUT2D eigenvalue weighted by atomic mass is 32.1. The second-order valence-corrected chi connectivity index (χ2v) is 8.73. The van der Waals surface area contributed by atoms with E-state index in [9.17, 15) is 19.5 Å². The Hall–Kier alpha value is -1.93. The summed E-state index contributed by atoms with van der Waals surface area (Å²) in [6.07, 6.45) is 2.26. The van der Waals surface area contributed by atoms with Crippen molar-refractivity contribution in [3.05, 3.63) is 22.4 Å². The molecule has 0 radical (unpaired) electrons. The fourth-order valence-electron chi connectivity index (χ4n) is 4.15. The first-order valence-electron chi connectivity index (χ1n) is 9.01. The SMILES string of the molecule is O=C(CN1C[C@H]2C(=O)N(CC3CC3)C[C@@]2(C(=O)O)C1)NCc1cccs1. The lowest BCUT2D eigenvalue weighted by molar-refractivity contribution is -0.149. The number of hydrogen-bond acceptors (Lipinski definition) is 5. The van der Waals surface area contributed by atoms with Gasteiger partial charge in [-0.05, 0) is 30.2 Å². The van der Waals surface area contributed by atoms with Gasteiger partial charge in [-0.25, -0.2) is 0 Å². The van der Waals surface area contributed by atoms with Crippen molar-refractivity contribution < 1.29 is 19.5 Å². The Morgan fingerprint density at radius 3 is 2.77 bits per heavy atom. The lowest BCUT2D eigenvalue weighted by atomic mass is 9.81. The Morgan fingerprint density at radius 2 is 2.15 bits per heavy atom. The van der Waals surface area contributed by atoms with Crippen LogP contribution in [-0.2, 0) is 20.9 Å². The molecule has 4 rings (SSSR count). The molecule has 0 bridgehead atoms. The van der Waals surface area contributed by atoms with Gasteiger partial charge in [-0.3, -0.25) is 19.3 Å². The number of aliphatic carboxylic acids is 1. The van der Waals surface area contributed by atoms with Crippen LogP contribution in [-0.4, -0.2) is 65.4 Å². The summed E-state index contributed by atoms with van der Waals surface area (Å²) in [5.74, 6) is -1.11. The maximum Gasteiger partial charge on any atom is 0.313 e. The van der Waals surface area contributed by atoms with E-state index >= 15 is 0 Å². The average molecular weight is 377 g/mol. The Labute approximate surface area is 156 Å². The monoisotopic (exact) mass is 377 g/mol. The van der Waals surface area contributed by atoms with Crippen LogP contribution in [0.25, 0.3) is 0 Å². The molecule has 1 aromatic heterocycles. The third kappa shape index (κ3) is 3.23. The van der Waals surface area contributed by atoms with Crippen LogP contribution >= 0.6 is 11.3 Å². The van der Waals surface area contributed by atoms with Crippen molar-refractivity contribution in [3.63, 3.8) is 0 Å². The fourth-order valence-corrected chi connectivity index (χ4v) is 4.79. The molecule has 0 aromatic carbocycles. The lowest BCUT2D eigenvalue weighted by Crippen LogP contribution is -2.43. The maximum atomic E-state index is 12.7. The average Bonchev–Trinajstić information content (AvgIpc) is 3.03. The molecule has 2 amide bonds. The van der Waals surface area contributed by atoms with Gasteiger partial charge in [0.2, 0.25) is 11.8 Å². The van der Waals surface area contributed by atoms with Crippen LogP contribution in [0.1, 0.15) is 17.7 Å². The number of rotatable bonds is 7. The first kappa shape index (κ1) is 17.5. The predicted octanol–water partition coefficient (Wildman–Crippen LogP) is 0.619. The van der Waals surface area contributed by atoms with Crippen LogP contribution in [0.15, 0.2) is 17.5 Å². The molecule has 2 aliphatic heterocycles. The molecule has 3 fully saturated rings. The zero-order valence-corrected chi connectivity index (χ0v) is 15.3. The highest BCUT2D eigenvalue weighted by Crippen LogP contribution is 2.45. The largest absolute Gasteiger partial charge is 0.481 e. The van der Waals surface area contributed by atoms with E-state index in [2.05, 4.69) is 5.32 Å². The van der Waals surface area contributed by atoms with Crippen LogP contribution in [0.2, 0.25) is 0 Å². The van der Waals surface area contributed by atoms with E-state index in [1.807, 2.05) is 22.4 Å². The van der Waals surface area contributed by atoms with Gasteiger partial charge in [-0.15, -0.1) is 11.3 Å². The molecule has 1 saturated carbocycles. The quantitative estimate of drug-likeness (QED) is 0.727. The summed E-state index contributed by atoms with van der Waals surface area (Å²) in [6.45, 7) is 2.17. The third-order valence-electron chi connectivity index (χ3n) is 5.70. The minimum absolute atomic E-state index is 0.0548. The van der Waals surface area contributed by atoms with E-state index in [1.165, 1.54) is 0 Å². The van der Waals surface area contributed by atoms with Crippen LogP contribution in [0.5, 0.6) is 0 Å². The summed E-state index contributed by atoms with van der Waals surface area (Å²) < 4.78 is 0. The van der Waals surface area contributed by atoms with Gasteiger partial charge in [-0.1, -0.05) is 6.07 Å². The number of carboxylic acid groups (broad SMARTS) is 1. The molecule has 8 heteroatoms. The molecule has 2 saturated heterocycles. The molecule has 2 N–H and O–H groups in total. The van der Waals surface area contributed by atoms with Gasteiger partial charge in [0.15, 0.2) is 0 Å². The Bertz CT molecular complexity index is 718. The second kappa shape index (κ2) is 6.66. The zero-order chi connectivity index (χ0) is 18.3. The van der Waals surface area contributed by atoms with Gasteiger partial charge in [0, 0.05) is 31.1 Å². The standard InChI is InChI=1S/C18H23N3O4S/c22-15(19-6-13-2-1-5-26-13)9-20-8-14-16(23)21(7-12-3-4-12)11-18(14,10-20)17(24)25/h1-2,5,12,14H,3-4,6-11H2,(H,19,22)(H,24,25)/t14-,18-/m0/s1. The summed E-state index contributed by atoms with van der Waals surface area (Å²) in [4.78, 5) is 41.5. The molecule has 140 valence electrons. The number of nitrogens with zero attached hydrogens (tertiary/aromatic N) is 2. The summed E-state index contributed by atoms with van der Waals surface area (Å²) in [6, 6.07) is 3.89. The van der Waals surface area contributed by atoms with E-state index in [1.54, 1.807) is 16.2 Å². The zero-order valence-electron chi connectivity index (χ0n) is 14.5. The van der Waals surface area contributed by atoms with Crippen molar-refractivity contribution in [3.8, 4) is 0 Å². The number of likely N-dealkylation sites (tertiary alicyclic amines) is 2. The molecule has 1 aromatic rings. The number of carbonyl (C=O) groups is 3. The van der Waals surface area contributed by atoms with Crippen molar-refractivity contribution in [1.82, 2.24) is 15.1 Å². The summed E-state index contributed by atoms with van der Waals surface area (Å²) in [7, 11) is 0. The van der Waals surface area contributed by atoms with Crippen molar-refractivity contribution in [2.24, 2.45) is 17.3 Å². The van der Waals surface area contributed by atoms with E-state index in [-0.39, 0.29) is 31.4 Å². The van der Waals surface area contributed by atoms with Crippen LogP contribution in [0, 0.1) is 17.3 Å². The van der Waals surface area contributed by atoms with Crippen molar-refractivity contribution in [2.45, 2.75) is 19.4 Å². The van der Waals surface area contributed by atoms with E-state index in [4.69, 9.17) is 0 Å². The number of fused-ring (bicyclic) bond motifs is 1. The minimum Gasteiger partial charge on any atom is -0.481 e. The number of amides is 2. The normalized spacial score (nSPS) is 28.4. The Kier molecular flexibility index (Phi) is 4.48. The van der Waals surface area contributed by atoms with Crippen LogP contribution in [0.3, 0.4) is 0 Å². The van der Waals surface area contributed by atoms with Gasteiger partial charge in [0.1, 0.15) is 5.41 Å². The van der Waals surface area contributed by atoms with Gasteiger partial charge in [0.05, 0.1) is 19.0 Å². The molecule has 3 heterocycles. The lowest BCUT2D eigenvalue weighted by Gasteiger charge is -2.25.